The molecule has 7 rings (SSSR count). The molecule has 3 atom stereocenters. The number of morpholine rings is 1. The van der Waals surface area contributed by atoms with Crippen LogP contribution in [0.25, 0.3) is 0 Å². The molecule has 176 valence electrons. The zero-order chi connectivity index (χ0) is 23.4. The molecule has 0 unspecified atom stereocenters. The van der Waals surface area contributed by atoms with Gasteiger partial charge in [-0.2, -0.15) is 0 Å². The van der Waals surface area contributed by atoms with E-state index in [4.69, 9.17) is 4.74 Å². The van der Waals surface area contributed by atoms with Crippen molar-refractivity contribution in [2.24, 2.45) is 11.8 Å². The Morgan fingerprint density at radius 3 is 1.79 bits per heavy atom. The van der Waals surface area contributed by atoms with Crippen LogP contribution in [0.1, 0.15) is 60.3 Å². The monoisotopic (exact) mass is 458 g/mol. The van der Waals surface area contributed by atoms with Crippen LogP contribution in [-0.4, -0.2) is 59.9 Å². The minimum atomic E-state index is -0.728. The number of rotatable bonds is 5. The summed E-state index contributed by atoms with van der Waals surface area (Å²) in [6.45, 7) is 4.07. The second kappa shape index (κ2) is 8.35. The van der Waals surface area contributed by atoms with Crippen molar-refractivity contribution in [3.05, 3.63) is 70.8 Å². The van der Waals surface area contributed by atoms with Gasteiger partial charge in [-0.1, -0.05) is 68.3 Å². The van der Waals surface area contributed by atoms with Crippen molar-refractivity contribution in [1.82, 2.24) is 9.80 Å². The summed E-state index contributed by atoms with van der Waals surface area (Å²) in [5.41, 5.74) is 4.61. The van der Waals surface area contributed by atoms with Crippen LogP contribution in [0.5, 0.6) is 0 Å². The lowest BCUT2D eigenvalue weighted by Crippen LogP contribution is -2.53. The van der Waals surface area contributed by atoms with Crippen LogP contribution in [0.15, 0.2) is 48.5 Å². The standard InChI is InChI=1S/C28H30N2O4/c1-2-3-12-21(26(31)29-13-15-34-16-14-29)30-27(32)24-22-17-8-4-5-9-18(17)23(25(24)28(30)33)20-11-7-6-10-19(20)22/h4-11,21-25H,2-3,12-16H2,1H3/t21-,22?,23?,24-,25+/m1/s1. The van der Waals surface area contributed by atoms with E-state index in [1.807, 2.05) is 24.3 Å². The van der Waals surface area contributed by atoms with Gasteiger partial charge in [-0.25, -0.2) is 0 Å². The van der Waals surface area contributed by atoms with Gasteiger partial charge in [0.1, 0.15) is 6.04 Å². The number of nitrogens with zero attached hydrogens (tertiary/aromatic N) is 2. The fraction of sp³-hybridized carbons (Fsp3) is 0.464. The third kappa shape index (κ3) is 3.01. The second-order valence-electron chi connectivity index (χ2n) is 9.91. The Morgan fingerprint density at radius 1 is 0.882 bits per heavy atom. The molecule has 3 aliphatic carbocycles. The third-order valence-corrected chi connectivity index (χ3v) is 8.23. The Balaban J connectivity index is 1.42. The highest BCUT2D eigenvalue weighted by Crippen LogP contribution is 2.61. The van der Waals surface area contributed by atoms with Crippen LogP contribution in [0, 0.1) is 11.8 Å². The summed E-state index contributed by atoms with van der Waals surface area (Å²) in [6.07, 6.45) is 2.21. The molecule has 34 heavy (non-hydrogen) atoms. The van der Waals surface area contributed by atoms with Crippen LogP contribution < -0.4 is 0 Å². The molecule has 0 spiro atoms. The lowest BCUT2D eigenvalue weighted by molar-refractivity contribution is -0.153. The van der Waals surface area contributed by atoms with Gasteiger partial charge in [-0.15, -0.1) is 0 Å². The zero-order valence-corrected chi connectivity index (χ0v) is 19.5. The normalized spacial score (nSPS) is 27.9. The molecule has 5 aliphatic rings. The number of likely N-dealkylation sites (tertiary alicyclic amines) is 1. The molecule has 2 heterocycles. The highest BCUT2D eigenvalue weighted by atomic mass is 16.5. The van der Waals surface area contributed by atoms with Crippen LogP contribution in [0.4, 0.5) is 0 Å². The Bertz CT molecular complexity index is 1040. The smallest absolute Gasteiger partial charge is 0.246 e. The molecule has 2 aromatic carbocycles. The Hall–Kier alpha value is -2.99. The first kappa shape index (κ1) is 21.5. The maximum absolute atomic E-state index is 14.1. The van der Waals surface area contributed by atoms with Gasteiger partial charge >= 0.3 is 0 Å². The highest BCUT2D eigenvalue weighted by molar-refractivity contribution is 6.10. The molecule has 3 amide bonds. The van der Waals surface area contributed by atoms with Gasteiger partial charge in [-0.3, -0.25) is 19.3 Å². The molecule has 0 saturated carbocycles. The molecule has 6 nitrogen and oxygen atoms in total. The Morgan fingerprint density at radius 2 is 1.35 bits per heavy atom. The number of carbonyl (C=O) groups excluding carboxylic acids is 3. The van der Waals surface area contributed by atoms with E-state index in [1.165, 1.54) is 4.90 Å². The lowest BCUT2D eigenvalue weighted by atomic mass is 9.55. The van der Waals surface area contributed by atoms with E-state index < -0.39 is 17.9 Å². The predicted molar refractivity (Wildman–Crippen MR) is 126 cm³/mol. The van der Waals surface area contributed by atoms with Gasteiger partial charge in [0.2, 0.25) is 17.7 Å². The summed E-state index contributed by atoms with van der Waals surface area (Å²) in [7, 11) is 0. The fourth-order valence-corrected chi connectivity index (χ4v) is 6.76. The fourth-order valence-electron chi connectivity index (χ4n) is 6.76. The average molecular weight is 459 g/mol. The van der Waals surface area contributed by atoms with Crippen molar-refractivity contribution >= 4 is 17.7 Å². The van der Waals surface area contributed by atoms with E-state index in [2.05, 4.69) is 31.2 Å². The SMILES string of the molecule is CCCC[C@H](C(=O)N1CCOCC1)N1C(=O)[C@@H]2C3c4ccccc4C(c4ccccc43)[C@@H]2C1=O. The number of unbranched alkanes of at least 4 members (excludes halogenated alkanes) is 1. The van der Waals surface area contributed by atoms with Crippen LogP contribution in [0.3, 0.4) is 0 Å². The quantitative estimate of drug-likeness (QED) is 0.645. The first-order valence-electron chi connectivity index (χ1n) is 12.5. The van der Waals surface area contributed by atoms with Crippen LogP contribution >= 0.6 is 0 Å². The van der Waals surface area contributed by atoms with Crippen molar-refractivity contribution in [2.75, 3.05) is 26.3 Å². The molecule has 2 fully saturated rings. The Labute approximate surface area is 199 Å². The van der Waals surface area contributed by atoms with Crippen LogP contribution in [0.2, 0.25) is 0 Å². The number of ether oxygens (including phenoxy) is 1. The zero-order valence-electron chi connectivity index (χ0n) is 19.5. The molecule has 0 aromatic heterocycles. The summed E-state index contributed by atoms with van der Waals surface area (Å²) in [5, 5.41) is 0. The summed E-state index contributed by atoms with van der Waals surface area (Å²) in [6, 6.07) is 15.8. The van der Waals surface area contributed by atoms with Crippen molar-refractivity contribution in [2.45, 2.75) is 44.1 Å². The third-order valence-electron chi connectivity index (χ3n) is 8.23. The molecule has 0 N–H and O–H groups in total. The summed E-state index contributed by atoms with van der Waals surface area (Å²) in [4.78, 5) is 44.9. The van der Waals surface area contributed by atoms with Crippen molar-refractivity contribution in [3.8, 4) is 0 Å². The minimum absolute atomic E-state index is 0.112. The molecule has 6 heteroatoms. The van der Waals surface area contributed by atoms with Gasteiger partial charge in [-0.05, 0) is 28.7 Å². The maximum atomic E-state index is 14.1. The topological polar surface area (TPSA) is 66.9 Å². The van der Waals surface area contributed by atoms with E-state index in [1.54, 1.807) is 4.90 Å². The number of benzene rings is 2. The number of hydrogen-bond acceptors (Lipinski definition) is 4. The minimum Gasteiger partial charge on any atom is -0.378 e. The Kier molecular flexibility index (Phi) is 5.29. The number of carbonyl (C=O) groups is 3. The first-order valence-corrected chi connectivity index (χ1v) is 12.5. The van der Waals surface area contributed by atoms with Crippen molar-refractivity contribution < 1.29 is 19.1 Å². The maximum Gasteiger partial charge on any atom is 0.246 e. The van der Waals surface area contributed by atoms with E-state index in [9.17, 15) is 14.4 Å². The highest BCUT2D eigenvalue weighted by Gasteiger charge is 2.63. The van der Waals surface area contributed by atoms with Crippen molar-refractivity contribution in [3.63, 3.8) is 0 Å². The second-order valence-corrected chi connectivity index (χ2v) is 9.91. The first-order chi connectivity index (χ1) is 16.6. The van der Waals surface area contributed by atoms with Crippen molar-refractivity contribution in [1.29, 1.82) is 0 Å². The van der Waals surface area contributed by atoms with Gasteiger partial charge in [0.05, 0.1) is 25.0 Å². The van der Waals surface area contributed by atoms with E-state index >= 15 is 0 Å². The molecule has 2 aliphatic heterocycles. The van der Waals surface area contributed by atoms with Gasteiger partial charge < -0.3 is 9.64 Å². The van der Waals surface area contributed by atoms with Gasteiger partial charge in [0, 0.05) is 24.9 Å². The summed E-state index contributed by atoms with van der Waals surface area (Å²) >= 11 is 0. The molecule has 2 bridgehead atoms. The van der Waals surface area contributed by atoms with Crippen LogP contribution in [-0.2, 0) is 19.1 Å². The molecular formula is C28H30N2O4. The van der Waals surface area contributed by atoms with E-state index in [0.717, 1.165) is 35.1 Å². The predicted octanol–water partition coefficient (Wildman–Crippen LogP) is 3.30. The number of hydrogen-bond donors (Lipinski definition) is 0. The van der Waals surface area contributed by atoms with E-state index in [-0.39, 0.29) is 29.6 Å². The summed E-state index contributed by atoms with van der Waals surface area (Å²) in [5.74, 6) is -1.62. The molecule has 2 aromatic rings. The number of amides is 3. The van der Waals surface area contributed by atoms with Gasteiger partial charge in [0.15, 0.2) is 0 Å². The molecule has 0 radical (unpaired) electrons. The van der Waals surface area contributed by atoms with E-state index in [0.29, 0.717) is 32.7 Å². The lowest BCUT2D eigenvalue weighted by Gasteiger charge is -2.45. The number of imide groups is 1. The summed E-state index contributed by atoms with van der Waals surface area (Å²) < 4.78 is 5.42. The molecule has 2 saturated heterocycles. The molecular weight excluding hydrogens is 428 g/mol. The largest absolute Gasteiger partial charge is 0.378 e. The van der Waals surface area contributed by atoms with Gasteiger partial charge in [0.25, 0.3) is 0 Å². The average Bonchev–Trinajstić information content (AvgIpc) is 3.15.